The smallest absolute Gasteiger partial charge is 0.337 e. The molecule has 0 atom stereocenters. The second kappa shape index (κ2) is 5.53. The summed E-state index contributed by atoms with van der Waals surface area (Å²) < 4.78 is 4.61. The highest BCUT2D eigenvalue weighted by Gasteiger charge is 1.90. The summed E-state index contributed by atoms with van der Waals surface area (Å²) in [6.45, 7) is 1.78. The summed E-state index contributed by atoms with van der Waals surface area (Å²) in [7, 11) is 3.67. The van der Waals surface area contributed by atoms with Gasteiger partial charge >= 0.3 is 5.97 Å². The molecule has 0 amide bonds. The van der Waals surface area contributed by atoms with E-state index < -0.39 is 0 Å². The minimum absolute atomic E-state index is 0.364. The summed E-state index contributed by atoms with van der Waals surface area (Å²) in [4.78, 5) is 12.5. The molecule has 3 heteroatoms. The standard InChI is InChI=1S/C8H13NO2/c1-4-7-11-8(10)5-6-9(2)3/h4-7H,1-3H3/b6-5+,7-4+. The van der Waals surface area contributed by atoms with E-state index in [1.54, 1.807) is 24.1 Å². The van der Waals surface area contributed by atoms with Gasteiger partial charge in [-0.05, 0) is 6.92 Å². The number of nitrogens with zero attached hydrogens (tertiary/aromatic N) is 1. The third-order valence-electron chi connectivity index (χ3n) is 0.829. The zero-order chi connectivity index (χ0) is 8.69. The van der Waals surface area contributed by atoms with Crippen molar-refractivity contribution in [1.29, 1.82) is 0 Å². The second-order valence-corrected chi connectivity index (χ2v) is 2.19. The summed E-state index contributed by atoms with van der Waals surface area (Å²) in [5, 5.41) is 0. The Bertz CT molecular complexity index is 171. The van der Waals surface area contributed by atoms with Gasteiger partial charge in [-0.3, -0.25) is 0 Å². The van der Waals surface area contributed by atoms with E-state index in [0.717, 1.165) is 0 Å². The Morgan fingerprint density at radius 3 is 2.55 bits per heavy atom. The lowest BCUT2D eigenvalue weighted by Crippen LogP contribution is -2.03. The van der Waals surface area contributed by atoms with Crippen LogP contribution in [0.25, 0.3) is 0 Å². The molecule has 0 bridgehead atoms. The van der Waals surface area contributed by atoms with E-state index in [2.05, 4.69) is 4.74 Å². The van der Waals surface area contributed by atoms with Crippen LogP contribution in [0, 0.1) is 0 Å². The van der Waals surface area contributed by atoms with E-state index in [0.29, 0.717) is 0 Å². The van der Waals surface area contributed by atoms with Crippen molar-refractivity contribution in [1.82, 2.24) is 4.90 Å². The SMILES string of the molecule is C/C=C/OC(=O)/C=C/N(C)C. The molecule has 3 nitrogen and oxygen atoms in total. The molecule has 0 rings (SSSR count). The lowest BCUT2D eigenvalue weighted by molar-refractivity contribution is -0.132. The van der Waals surface area contributed by atoms with Crippen LogP contribution in [0.1, 0.15) is 6.92 Å². The van der Waals surface area contributed by atoms with Crippen molar-refractivity contribution in [2.45, 2.75) is 6.92 Å². The van der Waals surface area contributed by atoms with Gasteiger partial charge in [0.05, 0.1) is 6.26 Å². The van der Waals surface area contributed by atoms with Crippen LogP contribution in [0.15, 0.2) is 24.6 Å². The minimum Gasteiger partial charge on any atom is -0.432 e. The molecule has 0 fully saturated rings. The number of allylic oxidation sites excluding steroid dienone is 1. The number of esters is 1. The first kappa shape index (κ1) is 9.75. The molecule has 0 aromatic rings. The fourth-order valence-corrected chi connectivity index (χ4v) is 0.384. The lowest BCUT2D eigenvalue weighted by atomic mass is 10.6. The molecule has 11 heavy (non-hydrogen) atoms. The van der Waals surface area contributed by atoms with E-state index in [1.807, 2.05) is 14.1 Å². The van der Waals surface area contributed by atoms with E-state index >= 15 is 0 Å². The number of ether oxygens (including phenoxy) is 1. The molecule has 0 N–H and O–H groups in total. The van der Waals surface area contributed by atoms with Crippen molar-refractivity contribution >= 4 is 5.97 Å². The Morgan fingerprint density at radius 2 is 2.09 bits per heavy atom. The molecule has 0 radical (unpaired) electrons. The quantitative estimate of drug-likeness (QED) is 0.348. The van der Waals surface area contributed by atoms with Gasteiger partial charge in [-0.1, -0.05) is 6.08 Å². The van der Waals surface area contributed by atoms with Gasteiger partial charge in [0.2, 0.25) is 0 Å². The van der Waals surface area contributed by atoms with Crippen LogP contribution in [-0.2, 0) is 9.53 Å². The molecule has 0 aromatic carbocycles. The molecule has 62 valence electrons. The van der Waals surface area contributed by atoms with E-state index in [-0.39, 0.29) is 5.97 Å². The number of rotatable bonds is 3. The van der Waals surface area contributed by atoms with Crippen LogP contribution in [-0.4, -0.2) is 25.0 Å². The van der Waals surface area contributed by atoms with Gasteiger partial charge in [0, 0.05) is 26.4 Å². The maximum absolute atomic E-state index is 10.7. The Morgan fingerprint density at radius 1 is 1.45 bits per heavy atom. The Hall–Kier alpha value is -1.25. The normalized spacial score (nSPS) is 10.8. The Kier molecular flexibility index (Phi) is 4.90. The van der Waals surface area contributed by atoms with Crippen molar-refractivity contribution < 1.29 is 9.53 Å². The van der Waals surface area contributed by atoms with Crippen LogP contribution < -0.4 is 0 Å². The minimum atomic E-state index is -0.364. The van der Waals surface area contributed by atoms with E-state index in [1.165, 1.54) is 12.3 Å². The van der Waals surface area contributed by atoms with Gasteiger partial charge in [-0.2, -0.15) is 0 Å². The van der Waals surface area contributed by atoms with Crippen molar-refractivity contribution in [3.63, 3.8) is 0 Å². The highest BCUT2D eigenvalue weighted by atomic mass is 16.5. The second-order valence-electron chi connectivity index (χ2n) is 2.19. The number of carbonyl (C=O) groups is 1. The van der Waals surface area contributed by atoms with E-state index in [4.69, 9.17) is 0 Å². The van der Waals surface area contributed by atoms with Gasteiger partial charge in [0.25, 0.3) is 0 Å². The fourth-order valence-electron chi connectivity index (χ4n) is 0.384. The summed E-state index contributed by atoms with van der Waals surface area (Å²) in [6, 6.07) is 0. The fraction of sp³-hybridized carbons (Fsp3) is 0.375. The van der Waals surface area contributed by atoms with Gasteiger partial charge in [0.15, 0.2) is 0 Å². The molecule has 0 aliphatic carbocycles. The molecular formula is C8H13NO2. The zero-order valence-corrected chi connectivity index (χ0v) is 7.07. The van der Waals surface area contributed by atoms with Crippen LogP contribution in [0.3, 0.4) is 0 Å². The predicted molar refractivity (Wildman–Crippen MR) is 43.7 cm³/mol. The van der Waals surface area contributed by atoms with Crippen molar-refractivity contribution in [2.24, 2.45) is 0 Å². The monoisotopic (exact) mass is 155 g/mol. The summed E-state index contributed by atoms with van der Waals surface area (Å²) >= 11 is 0. The van der Waals surface area contributed by atoms with Crippen LogP contribution in [0.5, 0.6) is 0 Å². The third kappa shape index (κ3) is 6.64. The average molecular weight is 155 g/mol. The molecule has 0 heterocycles. The zero-order valence-electron chi connectivity index (χ0n) is 7.07. The van der Waals surface area contributed by atoms with Crippen molar-refractivity contribution in [3.8, 4) is 0 Å². The highest BCUT2D eigenvalue weighted by Crippen LogP contribution is 1.84. The molecule has 0 aromatic heterocycles. The summed E-state index contributed by atoms with van der Waals surface area (Å²) in [5.74, 6) is -0.364. The van der Waals surface area contributed by atoms with Gasteiger partial charge in [0.1, 0.15) is 0 Å². The van der Waals surface area contributed by atoms with E-state index in [9.17, 15) is 4.79 Å². The molecule has 0 aliphatic heterocycles. The largest absolute Gasteiger partial charge is 0.432 e. The Balaban J connectivity index is 3.69. The Labute approximate surface area is 66.9 Å². The van der Waals surface area contributed by atoms with Crippen LogP contribution in [0.4, 0.5) is 0 Å². The lowest BCUT2D eigenvalue weighted by Gasteiger charge is -2.01. The number of carbonyl (C=O) groups excluding carboxylic acids is 1. The molecule has 0 unspecified atom stereocenters. The van der Waals surface area contributed by atoms with Gasteiger partial charge in [-0.25, -0.2) is 4.79 Å². The molecule has 0 saturated heterocycles. The average Bonchev–Trinajstić information content (AvgIpc) is 1.97. The molecule has 0 spiro atoms. The van der Waals surface area contributed by atoms with Crippen molar-refractivity contribution in [3.05, 3.63) is 24.6 Å². The first-order valence-corrected chi connectivity index (χ1v) is 3.33. The molecular weight excluding hydrogens is 142 g/mol. The van der Waals surface area contributed by atoms with Gasteiger partial charge < -0.3 is 9.64 Å². The first-order valence-electron chi connectivity index (χ1n) is 3.33. The van der Waals surface area contributed by atoms with Crippen LogP contribution >= 0.6 is 0 Å². The number of hydrogen-bond acceptors (Lipinski definition) is 3. The van der Waals surface area contributed by atoms with Gasteiger partial charge in [-0.15, -0.1) is 0 Å². The van der Waals surface area contributed by atoms with Crippen molar-refractivity contribution in [2.75, 3.05) is 14.1 Å². The van der Waals surface area contributed by atoms with Crippen LogP contribution in [0.2, 0.25) is 0 Å². The molecule has 0 saturated carbocycles. The highest BCUT2D eigenvalue weighted by molar-refractivity contribution is 5.82. The molecule has 0 aliphatic rings. The maximum atomic E-state index is 10.7. The predicted octanol–water partition coefficient (Wildman–Crippen LogP) is 1.14. The topological polar surface area (TPSA) is 29.5 Å². The third-order valence-corrected chi connectivity index (χ3v) is 0.829. The number of hydrogen-bond donors (Lipinski definition) is 0. The first-order chi connectivity index (χ1) is 5.16. The summed E-state index contributed by atoms with van der Waals surface area (Å²) in [5.41, 5.74) is 0. The summed E-state index contributed by atoms with van der Waals surface area (Å²) in [6.07, 6.45) is 6.00. The maximum Gasteiger partial charge on any atom is 0.337 e.